The van der Waals surface area contributed by atoms with Gasteiger partial charge in [-0.25, -0.2) is 4.39 Å². The number of Topliss-reactive ketones (excluding diaryl/α,β-unsaturated/α-hetero) is 1. The molecule has 0 atom stereocenters. The van der Waals surface area contributed by atoms with E-state index >= 15 is 0 Å². The van der Waals surface area contributed by atoms with Crippen molar-refractivity contribution in [2.75, 3.05) is 0 Å². The molecule has 1 aromatic carbocycles. The Morgan fingerprint density at radius 1 is 1.50 bits per heavy atom. The van der Waals surface area contributed by atoms with Crippen molar-refractivity contribution in [1.29, 1.82) is 0 Å². The first kappa shape index (κ1) is 12.8. The minimum Gasteiger partial charge on any atom is -0.294 e. The first-order valence-electron chi connectivity index (χ1n) is 5.52. The first-order valence-corrected chi connectivity index (χ1v) is 5.90. The second-order valence-corrected chi connectivity index (χ2v) is 4.45. The molecule has 2 aromatic rings. The zero-order valence-electron chi connectivity index (χ0n) is 9.86. The minimum absolute atomic E-state index is 0.0257. The summed E-state index contributed by atoms with van der Waals surface area (Å²) >= 11 is 5.64. The Kier molecular flexibility index (Phi) is 3.77. The Balaban J connectivity index is 2.06. The standard InChI is InChI=1S/C13H12ClFN2O/c1-17-8-9(7-16-17)5-6-12(18)10-3-2-4-11(14)13(10)15/h2-4,7-8H,5-6H2,1H3. The number of aryl methyl sites for hydroxylation is 2. The van der Waals surface area contributed by atoms with E-state index in [1.165, 1.54) is 12.1 Å². The van der Waals surface area contributed by atoms with Crippen molar-refractivity contribution in [3.63, 3.8) is 0 Å². The van der Waals surface area contributed by atoms with Crippen LogP contribution < -0.4 is 0 Å². The lowest BCUT2D eigenvalue weighted by Gasteiger charge is -2.03. The predicted molar refractivity (Wildman–Crippen MR) is 67.3 cm³/mol. The molecule has 2 rings (SSSR count). The third-order valence-electron chi connectivity index (χ3n) is 2.65. The molecule has 0 N–H and O–H groups in total. The molecule has 1 heterocycles. The van der Waals surface area contributed by atoms with Gasteiger partial charge in [0.05, 0.1) is 16.8 Å². The quantitative estimate of drug-likeness (QED) is 0.798. The summed E-state index contributed by atoms with van der Waals surface area (Å²) in [4.78, 5) is 11.9. The second-order valence-electron chi connectivity index (χ2n) is 4.05. The summed E-state index contributed by atoms with van der Waals surface area (Å²) < 4.78 is 15.3. The Morgan fingerprint density at radius 2 is 2.28 bits per heavy atom. The summed E-state index contributed by atoms with van der Waals surface area (Å²) in [6.07, 6.45) is 4.31. The van der Waals surface area contributed by atoms with Gasteiger partial charge in [-0.1, -0.05) is 17.7 Å². The summed E-state index contributed by atoms with van der Waals surface area (Å²) in [5.74, 6) is -0.894. The van der Waals surface area contributed by atoms with Crippen LogP contribution in [0.15, 0.2) is 30.6 Å². The van der Waals surface area contributed by atoms with Crippen molar-refractivity contribution in [2.45, 2.75) is 12.8 Å². The van der Waals surface area contributed by atoms with E-state index in [0.717, 1.165) is 5.56 Å². The van der Waals surface area contributed by atoms with Crippen LogP contribution in [0.3, 0.4) is 0 Å². The average molecular weight is 267 g/mol. The lowest BCUT2D eigenvalue weighted by Crippen LogP contribution is -2.04. The average Bonchev–Trinajstić information content (AvgIpc) is 2.76. The molecule has 0 fully saturated rings. The SMILES string of the molecule is Cn1cc(CCC(=O)c2cccc(Cl)c2F)cn1. The Labute approximate surface area is 109 Å². The van der Waals surface area contributed by atoms with Crippen molar-refractivity contribution < 1.29 is 9.18 Å². The molecule has 18 heavy (non-hydrogen) atoms. The number of benzene rings is 1. The molecule has 0 spiro atoms. The van der Waals surface area contributed by atoms with Crippen LogP contribution in [-0.2, 0) is 13.5 Å². The smallest absolute Gasteiger partial charge is 0.166 e. The molecule has 0 saturated heterocycles. The van der Waals surface area contributed by atoms with Gasteiger partial charge < -0.3 is 0 Å². The van der Waals surface area contributed by atoms with Crippen LogP contribution in [0.1, 0.15) is 22.3 Å². The van der Waals surface area contributed by atoms with Crippen LogP contribution >= 0.6 is 11.6 Å². The zero-order valence-corrected chi connectivity index (χ0v) is 10.6. The van der Waals surface area contributed by atoms with Crippen molar-refractivity contribution in [2.24, 2.45) is 7.05 Å². The maximum absolute atomic E-state index is 13.6. The fraction of sp³-hybridized carbons (Fsp3) is 0.231. The maximum atomic E-state index is 13.6. The number of halogens is 2. The molecule has 0 unspecified atom stereocenters. The van der Waals surface area contributed by atoms with E-state index in [4.69, 9.17) is 11.6 Å². The lowest BCUT2D eigenvalue weighted by molar-refractivity contribution is 0.0979. The van der Waals surface area contributed by atoms with Gasteiger partial charge >= 0.3 is 0 Å². The molecule has 0 amide bonds. The highest BCUT2D eigenvalue weighted by atomic mass is 35.5. The molecule has 0 radical (unpaired) electrons. The summed E-state index contributed by atoms with van der Waals surface area (Å²) in [6, 6.07) is 4.45. The minimum atomic E-state index is -0.643. The van der Waals surface area contributed by atoms with Gasteiger partial charge in [0.15, 0.2) is 11.6 Å². The Hall–Kier alpha value is -1.68. The monoisotopic (exact) mass is 266 g/mol. The van der Waals surface area contributed by atoms with Gasteiger partial charge in [-0.3, -0.25) is 9.48 Å². The van der Waals surface area contributed by atoms with Gasteiger partial charge in [0.1, 0.15) is 0 Å². The fourth-order valence-electron chi connectivity index (χ4n) is 1.71. The van der Waals surface area contributed by atoms with Gasteiger partial charge in [-0.05, 0) is 24.1 Å². The lowest BCUT2D eigenvalue weighted by atomic mass is 10.0. The van der Waals surface area contributed by atoms with E-state index in [0.29, 0.717) is 6.42 Å². The number of ketones is 1. The van der Waals surface area contributed by atoms with Crippen LogP contribution in [-0.4, -0.2) is 15.6 Å². The highest BCUT2D eigenvalue weighted by molar-refractivity contribution is 6.31. The number of hydrogen-bond acceptors (Lipinski definition) is 2. The number of nitrogens with zero attached hydrogens (tertiary/aromatic N) is 2. The zero-order chi connectivity index (χ0) is 13.1. The molecule has 94 valence electrons. The summed E-state index contributed by atoms with van der Waals surface area (Å²) in [5, 5.41) is 3.98. The molecule has 3 nitrogen and oxygen atoms in total. The first-order chi connectivity index (χ1) is 8.58. The predicted octanol–water partition coefficient (Wildman–Crippen LogP) is 3.03. The fourth-order valence-corrected chi connectivity index (χ4v) is 1.89. The third kappa shape index (κ3) is 2.76. The van der Waals surface area contributed by atoms with Crippen LogP contribution in [0.4, 0.5) is 4.39 Å². The summed E-state index contributed by atoms with van der Waals surface area (Å²) in [6.45, 7) is 0. The number of carbonyl (C=O) groups is 1. The number of rotatable bonds is 4. The molecule has 0 aliphatic carbocycles. The van der Waals surface area contributed by atoms with E-state index in [-0.39, 0.29) is 22.8 Å². The van der Waals surface area contributed by atoms with Crippen LogP contribution in [0.25, 0.3) is 0 Å². The molecule has 5 heteroatoms. The van der Waals surface area contributed by atoms with Gasteiger partial charge in [-0.2, -0.15) is 5.10 Å². The molecule has 0 aliphatic heterocycles. The third-order valence-corrected chi connectivity index (χ3v) is 2.94. The van der Waals surface area contributed by atoms with Crippen LogP contribution in [0.2, 0.25) is 5.02 Å². The molecule has 0 saturated carbocycles. The van der Waals surface area contributed by atoms with Crippen molar-refractivity contribution in [3.05, 3.63) is 52.6 Å². The molecule has 1 aromatic heterocycles. The van der Waals surface area contributed by atoms with E-state index in [9.17, 15) is 9.18 Å². The summed E-state index contributed by atoms with van der Waals surface area (Å²) in [5.41, 5.74) is 1.000. The molecular weight excluding hydrogens is 255 g/mol. The van der Waals surface area contributed by atoms with Crippen LogP contribution in [0, 0.1) is 5.82 Å². The Morgan fingerprint density at radius 3 is 2.94 bits per heavy atom. The maximum Gasteiger partial charge on any atom is 0.166 e. The highest BCUT2D eigenvalue weighted by Crippen LogP contribution is 2.19. The van der Waals surface area contributed by atoms with E-state index in [2.05, 4.69) is 5.10 Å². The van der Waals surface area contributed by atoms with Gasteiger partial charge in [-0.15, -0.1) is 0 Å². The second kappa shape index (κ2) is 5.31. The van der Waals surface area contributed by atoms with E-state index < -0.39 is 5.82 Å². The largest absolute Gasteiger partial charge is 0.294 e. The van der Waals surface area contributed by atoms with E-state index in [1.807, 2.05) is 13.2 Å². The topological polar surface area (TPSA) is 34.9 Å². The van der Waals surface area contributed by atoms with Crippen molar-refractivity contribution >= 4 is 17.4 Å². The molecule has 0 bridgehead atoms. The Bertz CT molecular complexity index is 580. The highest BCUT2D eigenvalue weighted by Gasteiger charge is 2.14. The van der Waals surface area contributed by atoms with Crippen molar-refractivity contribution in [3.8, 4) is 0 Å². The van der Waals surface area contributed by atoms with E-state index in [1.54, 1.807) is 16.9 Å². The number of carbonyl (C=O) groups excluding carboxylic acids is 1. The number of hydrogen-bond donors (Lipinski definition) is 0. The van der Waals surface area contributed by atoms with Gasteiger partial charge in [0.25, 0.3) is 0 Å². The molecular formula is C13H12ClFN2O. The van der Waals surface area contributed by atoms with Crippen molar-refractivity contribution in [1.82, 2.24) is 9.78 Å². The van der Waals surface area contributed by atoms with Crippen LogP contribution in [0.5, 0.6) is 0 Å². The summed E-state index contributed by atoms with van der Waals surface area (Å²) in [7, 11) is 1.81. The normalized spacial score (nSPS) is 10.6. The van der Waals surface area contributed by atoms with Gasteiger partial charge in [0, 0.05) is 19.7 Å². The number of aromatic nitrogens is 2. The molecule has 0 aliphatic rings. The van der Waals surface area contributed by atoms with Gasteiger partial charge in [0.2, 0.25) is 0 Å².